The molecule has 0 amide bonds. The zero-order chi connectivity index (χ0) is 21.1. The van der Waals surface area contributed by atoms with Gasteiger partial charge in [-0.1, -0.05) is 33.3 Å². The Hall–Kier alpha value is -0.860. The van der Waals surface area contributed by atoms with Crippen LogP contribution in [0.15, 0.2) is 12.7 Å². The fourth-order valence-electron chi connectivity index (χ4n) is 2.23. The van der Waals surface area contributed by atoms with Crippen molar-refractivity contribution in [1.82, 2.24) is 0 Å². The van der Waals surface area contributed by atoms with Crippen LogP contribution in [0.3, 0.4) is 0 Å². The molecule has 4 N–H and O–H groups in total. The van der Waals surface area contributed by atoms with E-state index in [1.165, 1.54) is 0 Å². The van der Waals surface area contributed by atoms with Gasteiger partial charge in [0, 0.05) is 25.3 Å². The summed E-state index contributed by atoms with van der Waals surface area (Å²) >= 11 is 0. The number of aliphatic hydroxyl groups is 1. The topological polar surface area (TPSA) is 74.2 Å². The number of aliphatic hydroxyl groups excluding tert-OH is 1. The summed E-state index contributed by atoms with van der Waals surface area (Å²) in [5.74, 6) is -0.490. The predicted octanol–water partition coefficient (Wildman–Crippen LogP) is 5.21. The molecule has 0 aromatic heterocycles. The molecule has 0 spiro atoms. The summed E-state index contributed by atoms with van der Waals surface area (Å²) in [6, 6.07) is 0. The van der Waals surface area contributed by atoms with E-state index in [-0.39, 0.29) is 12.1 Å². The van der Waals surface area contributed by atoms with E-state index >= 15 is 0 Å². The first-order valence-corrected chi connectivity index (χ1v) is 10.3. The van der Waals surface area contributed by atoms with Crippen LogP contribution in [0.2, 0.25) is 0 Å². The Kier molecular flexibility index (Phi) is 10.4. The Morgan fingerprint density at radius 2 is 1.54 bits per heavy atom. The monoisotopic (exact) mass is 417 g/mol. The van der Waals surface area contributed by atoms with Gasteiger partial charge in [-0.3, -0.25) is 0 Å². The second kappa shape index (κ2) is 9.90. The summed E-state index contributed by atoms with van der Waals surface area (Å²) in [6.45, 7) is 7.66. The fraction of sp³-hybridized carbons (Fsp3) is 0.800. The van der Waals surface area contributed by atoms with E-state index in [4.69, 9.17) is 4.74 Å². The molecule has 0 aliphatic carbocycles. The minimum atomic E-state index is -10.7. The first kappa shape index (κ1) is 27.4. The van der Waals surface area contributed by atoms with Crippen molar-refractivity contribution < 1.29 is 45.6 Å². The molecular weight excluding hydrogens is 387 g/mol. The van der Waals surface area contributed by atoms with Crippen molar-refractivity contribution in [3.8, 4) is 0 Å². The second-order valence-corrected chi connectivity index (χ2v) is 8.27. The molecule has 4 nitrogen and oxygen atoms in total. The van der Waals surface area contributed by atoms with E-state index in [0.717, 1.165) is 44.6 Å². The van der Waals surface area contributed by atoms with E-state index in [9.17, 15) is 35.1 Å². The molecule has 0 aliphatic heterocycles. The summed E-state index contributed by atoms with van der Waals surface area (Å²) in [4.78, 5) is 11.0. The number of carbonyl (C=O) groups is 1. The second-order valence-electron chi connectivity index (χ2n) is 6.36. The number of ether oxygens (including phenoxy) is 1. The Bertz CT molecular complexity index is 422. The Morgan fingerprint density at radius 1 is 1.15 bits per heavy atom. The molecule has 0 aromatic rings. The molecular formula is C15H30F6NO3P. The van der Waals surface area contributed by atoms with Gasteiger partial charge in [0.2, 0.25) is 0 Å². The van der Waals surface area contributed by atoms with Gasteiger partial charge >= 0.3 is 39.0 Å². The summed E-state index contributed by atoms with van der Waals surface area (Å²) in [5.41, 5.74) is 4.21. The van der Waals surface area contributed by atoms with Crippen molar-refractivity contribution in [2.75, 3.05) is 6.61 Å². The van der Waals surface area contributed by atoms with Gasteiger partial charge in [-0.05, 0) is 12.8 Å². The van der Waals surface area contributed by atoms with Crippen molar-refractivity contribution >= 4 is 13.8 Å². The number of unbranched alkanes of at least 4 members (excludes halogenated alkanes) is 2. The zero-order valence-corrected chi connectivity index (χ0v) is 16.1. The van der Waals surface area contributed by atoms with Crippen LogP contribution in [-0.4, -0.2) is 29.3 Å². The number of quaternary nitrogens is 1. The third kappa shape index (κ3) is 25.4. The number of esters is 1. The van der Waals surface area contributed by atoms with Gasteiger partial charge in [-0.25, -0.2) is 4.79 Å². The summed E-state index contributed by atoms with van der Waals surface area (Å²) < 4.78 is 64.1. The van der Waals surface area contributed by atoms with Crippen molar-refractivity contribution in [2.24, 2.45) is 0 Å². The molecule has 160 valence electrons. The van der Waals surface area contributed by atoms with Crippen molar-refractivity contribution in [3.63, 3.8) is 0 Å². The molecule has 0 heterocycles. The molecule has 0 fully saturated rings. The van der Waals surface area contributed by atoms with Gasteiger partial charge in [-0.15, -0.1) is 0 Å². The van der Waals surface area contributed by atoms with Crippen molar-refractivity contribution in [3.05, 3.63) is 12.7 Å². The van der Waals surface area contributed by atoms with E-state index in [2.05, 4.69) is 26.2 Å². The Balaban J connectivity index is 0. The van der Waals surface area contributed by atoms with Gasteiger partial charge in [0.15, 0.2) is 0 Å². The quantitative estimate of drug-likeness (QED) is 0.210. The average molecular weight is 417 g/mol. The van der Waals surface area contributed by atoms with E-state index in [1.54, 1.807) is 0 Å². The zero-order valence-electron chi connectivity index (χ0n) is 15.2. The third-order valence-electron chi connectivity index (χ3n) is 3.37. The van der Waals surface area contributed by atoms with E-state index in [0.29, 0.717) is 6.42 Å². The standard InChI is InChI=1S/C15H29NO3.F6P/c1-4-7-9-15(16,10-8-5-2)11-13(17)12-19-14(18)6-3;1-7(2,3,4,5)6/h6,13,17H,3-5,7-12,16H2,1-2H3;/q;-1/p+1. The molecule has 0 saturated carbocycles. The van der Waals surface area contributed by atoms with Gasteiger partial charge in [-0.2, -0.15) is 0 Å². The molecule has 26 heavy (non-hydrogen) atoms. The summed E-state index contributed by atoms with van der Waals surface area (Å²) in [5, 5.41) is 9.98. The Morgan fingerprint density at radius 3 is 1.85 bits per heavy atom. The molecule has 0 radical (unpaired) electrons. The normalized spacial score (nSPS) is 15.8. The van der Waals surface area contributed by atoms with Crippen LogP contribution in [0.5, 0.6) is 0 Å². The summed E-state index contributed by atoms with van der Waals surface area (Å²) in [6.07, 6.45) is 7.56. The van der Waals surface area contributed by atoms with E-state index < -0.39 is 19.9 Å². The maximum atomic E-state index is 11.0. The molecule has 0 rings (SSSR count). The molecule has 0 bridgehead atoms. The van der Waals surface area contributed by atoms with Gasteiger partial charge in [0.05, 0.1) is 11.6 Å². The average Bonchev–Trinajstić information content (AvgIpc) is 2.45. The number of rotatable bonds is 11. The van der Waals surface area contributed by atoms with Crippen LogP contribution in [0.1, 0.15) is 58.8 Å². The Labute approximate surface area is 150 Å². The first-order chi connectivity index (χ1) is 11.4. The van der Waals surface area contributed by atoms with Crippen molar-refractivity contribution in [1.29, 1.82) is 0 Å². The molecule has 1 atom stereocenters. The molecule has 11 heteroatoms. The van der Waals surface area contributed by atoms with Crippen LogP contribution in [0.25, 0.3) is 0 Å². The van der Waals surface area contributed by atoms with Crippen LogP contribution in [-0.2, 0) is 9.53 Å². The van der Waals surface area contributed by atoms with Crippen LogP contribution in [0.4, 0.5) is 25.2 Å². The molecule has 0 aromatic carbocycles. The minimum absolute atomic E-state index is 0.0281. The number of carbonyl (C=O) groups excluding carboxylic acids is 1. The SMILES string of the molecule is C=CC(=O)OCC(O)CC([NH3+])(CCCC)CCCC.F[P-](F)(F)(F)(F)F. The van der Waals surface area contributed by atoms with Crippen LogP contribution in [0, 0.1) is 0 Å². The van der Waals surface area contributed by atoms with Gasteiger partial charge < -0.3 is 15.6 Å². The molecule has 0 aliphatic rings. The summed E-state index contributed by atoms with van der Waals surface area (Å²) in [7, 11) is -10.7. The predicted molar refractivity (Wildman–Crippen MR) is 90.0 cm³/mol. The maximum absolute atomic E-state index is 11.0. The fourth-order valence-corrected chi connectivity index (χ4v) is 2.23. The van der Waals surface area contributed by atoms with Crippen molar-refractivity contribution in [2.45, 2.75) is 70.4 Å². The van der Waals surface area contributed by atoms with Crippen LogP contribution >= 0.6 is 7.81 Å². The number of hydrogen-bond donors (Lipinski definition) is 2. The van der Waals surface area contributed by atoms with Crippen LogP contribution < -0.4 is 5.73 Å². The van der Waals surface area contributed by atoms with Gasteiger partial charge in [0.1, 0.15) is 6.61 Å². The third-order valence-corrected chi connectivity index (χ3v) is 3.37. The molecule has 1 unspecified atom stereocenters. The number of halogens is 6. The first-order valence-electron chi connectivity index (χ1n) is 8.31. The van der Waals surface area contributed by atoms with Gasteiger partial charge in [0.25, 0.3) is 0 Å². The molecule has 0 saturated heterocycles. The number of hydrogen-bond acceptors (Lipinski definition) is 3. The van der Waals surface area contributed by atoms with E-state index in [1.807, 2.05) is 0 Å².